The van der Waals surface area contributed by atoms with Gasteiger partial charge in [0.1, 0.15) is 0 Å². The van der Waals surface area contributed by atoms with Crippen LogP contribution in [-0.4, -0.2) is 9.97 Å². The molecule has 0 N–H and O–H groups in total. The second-order valence-electron chi connectivity index (χ2n) is 5.04. The minimum Gasteiger partial charge on any atom is -0.265 e. The van der Waals surface area contributed by atoms with E-state index in [-0.39, 0.29) is 5.41 Å². The van der Waals surface area contributed by atoms with Crippen LogP contribution in [0.2, 0.25) is 5.02 Å². The molecule has 0 radical (unpaired) electrons. The van der Waals surface area contributed by atoms with Gasteiger partial charge in [0, 0.05) is 29.6 Å². The van der Waals surface area contributed by atoms with E-state index in [0.29, 0.717) is 5.02 Å². The van der Waals surface area contributed by atoms with Crippen LogP contribution in [0.4, 0.5) is 0 Å². The summed E-state index contributed by atoms with van der Waals surface area (Å²) < 4.78 is 0. The average molecular weight is 247 g/mol. The first kappa shape index (κ1) is 12.1. The van der Waals surface area contributed by atoms with Crippen molar-refractivity contribution in [2.45, 2.75) is 26.2 Å². The second kappa shape index (κ2) is 4.46. The third-order valence-electron chi connectivity index (χ3n) is 2.56. The summed E-state index contributed by atoms with van der Waals surface area (Å²) in [5.74, 6) is 0. The molecule has 2 aromatic heterocycles. The van der Waals surface area contributed by atoms with E-state index >= 15 is 0 Å². The molecule has 0 amide bonds. The summed E-state index contributed by atoms with van der Waals surface area (Å²) in [6.45, 7) is 6.44. The van der Waals surface area contributed by atoms with Crippen LogP contribution in [-0.2, 0) is 5.41 Å². The van der Waals surface area contributed by atoms with Crippen LogP contribution >= 0.6 is 11.6 Å². The molecule has 3 heteroatoms. The molecule has 0 fully saturated rings. The van der Waals surface area contributed by atoms with Gasteiger partial charge in [-0.25, -0.2) is 0 Å². The minimum absolute atomic E-state index is 0.0107. The molecule has 0 aliphatic heterocycles. The van der Waals surface area contributed by atoms with Crippen LogP contribution in [0.5, 0.6) is 0 Å². The molecular weight excluding hydrogens is 232 g/mol. The zero-order chi connectivity index (χ0) is 12.5. The van der Waals surface area contributed by atoms with Crippen molar-refractivity contribution < 1.29 is 0 Å². The van der Waals surface area contributed by atoms with Crippen molar-refractivity contribution in [3.8, 4) is 11.1 Å². The Morgan fingerprint density at radius 1 is 1.12 bits per heavy atom. The molecule has 0 aliphatic carbocycles. The maximum Gasteiger partial charge on any atom is 0.0595 e. The lowest BCUT2D eigenvalue weighted by Gasteiger charge is -2.21. The molecule has 2 rings (SSSR count). The van der Waals surface area contributed by atoms with E-state index in [4.69, 9.17) is 11.6 Å². The number of nitrogens with zero attached hydrogens (tertiary/aromatic N) is 2. The molecular formula is C14H15ClN2. The summed E-state index contributed by atoms with van der Waals surface area (Å²) in [4.78, 5) is 8.51. The Morgan fingerprint density at radius 3 is 2.35 bits per heavy atom. The van der Waals surface area contributed by atoms with E-state index < -0.39 is 0 Å². The number of halogens is 1. The smallest absolute Gasteiger partial charge is 0.0595 e. The fraction of sp³-hybridized carbons (Fsp3) is 0.286. The molecule has 0 spiro atoms. The average Bonchev–Trinajstić information content (AvgIpc) is 2.28. The fourth-order valence-corrected chi connectivity index (χ4v) is 1.95. The lowest BCUT2D eigenvalue weighted by atomic mass is 9.86. The molecule has 0 saturated heterocycles. The van der Waals surface area contributed by atoms with E-state index in [9.17, 15) is 0 Å². The number of hydrogen-bond acceptors (Lipinski definition) is 2. The van der Waals surface area contributed by atoms with Crippen LogP contribution in [0, 0.1) is 0 Å². The van der Waals surface area contributed by atoms with Gasteiger partial charge in [-0.15, -0.1) is 0 Å². The Labute approximate surface area is 107 Å². The van der Waals surface area contributed by atoms with Gasteiger partial charge in [-0.05, 0) is 23.8 Å². The van der Waals surface area contributed by atoms with Gasteiger partial charge in [-0.1, -0.05) is 32.4 Å². The summed E-state index contributed by atoms with van der Waals surface area (Å²) >= 11 is 6.04. The molecule has 17 heavy (non-hydrogen) atoms. The van der Waals surface area contributed by atoms with Crippen LogP contribution in [0.1, 0.15) is 26.5 Å². The maximum absolute atomic E-state index is 6.04. The quantitative estimate of drug-likeness (QED) is 0.757. The molecule has 2 aromatic rings. The molecule has 0 aliphatic rings. The molecule has 0 unspecified atom stereocenters. The van der Waals surface area contributed by atoms with Crippen molar-refractivity contribution in [1.82, 2.24) is 9.97 Å². The molecule has 0 atom stereocenters. The molecule has 0 saturated carbocycles. The van der Waals surface area contributed by atoms with E-state index in [1.54, 1.807) is 18.6 Å². The second-order valence-corrected chi connectivity index (χ2v) is 5.47. The van der Waals surface area contributed by atoms with Crippen molar-refractivity contribution in [1.29, 1.82) is 0 Å². The van der Waals surface area contributed by atoms with Crippen molar-refractivity contribution in [3.05, 3.63) is 47.5 Å². The SMILES string of the molecule is CC(C)(C)c1ncc(Cl)cc1-c1ccncc1. The Kier molecular flexibility index (Phi) is 3.16. The van der Waals surface area contributed by atoms with Gasteiger partial charge in [0.25, 0.3) is 0 Å². The predicted molar refractivity (Wildman–Crippen MR) is 71.2 cm³/mol. The molecule has 0 bridgehead atoms. The largest absolute Gasteiger partial charge is 0.265 e. The monoisotopic (exact) mass is 246 g/mol. The van der Waals surface area contributed by atoms with Gasteiger partial charge in [0.05, 0.1) is 10.7 Å². The number of pyridine rings is 2. The van der Waals surface area contributed by atoms with Crippen LogP contribution in [0.3, 0.4) is 0 Å². The summed E-state index contributed by atoms with van der Waals surface area (Å²) in [6, 6.07) is 5.91. The summed E-state index contributed by atoms with van der Waals surface area (Å²) in [5.41, 5.74) is 3.21. The number of hydrogen-bond donors (Lipinski definition) is 0. The minimum atomic E-state index is -0.0107. The molecule has 2 nitrogen and oxygen atoms in total. The maximum atomic E-state index is 6.04. The van der Waals surface area contributed by atoms with Gasteiger partial charge in [-0.3, -0.25) is 9.97 Å². The van der Waals surface area contributed by atoms with Crippen LogP contribution in [0.15, 0.2) is 36.8 Å². The molecule has 0 aromatic carbocycles. The normalized spacial score (nSPS) is 11.5. The van der Waals surface area contributed by atoms with E-state index in [1.165, 1.54) is 0 Å². The zero-order valence-corrected chi connectivity index (χ0v) is 11.0. The number of aromatic nitrogens is 2. The standard InChI is InChI=1S/C14H15ClN2/c1-14(2,3)13-12(8-11(15)9-17-13)10-4-6-16-7-5-10/h4-9H,1-3H3. The fourth-order valence-electron chi connectivity index (χ4n) is 1.79. The molecule has 2 heterocycles. The topological polar surface area (TPSA) is 25.8 Å². The predicted octanol–water partition coefficient (Wildman–Crippen LogP) is 4.09. The highest BCUT2D eigenvalue weighted by Gasteiger charge is 2.20. The highest BCUT2D eigenvalue weighted by atomic mass is 35.5. The first-order valence-electron chi connectivity index (χ1n) is 5.55. The Morgan fingerprint density at radius 2 is 1.76 bits per heavy atom. The Balaban J connectivity index is 2.64. The van der Waals surface area contributed by atoms with E-state index in [1.807, 2.05) is 18.2 Å². The summed E-state index contributed by atoms with van der Waals surface area (Å²) in [5, 5.41) is 0.657. The summed E-state index contributed by atoms with van der Waals surface area (Å²) in [6.07, 6.45) is 5.26. The van der Waals surface area contributed by atoms with Gasteiger partial charge in [0.15, 0.2) is 0 Å². The first-order valence-corrected chi connectivity index (χ1v) is 5.93. The Hall–Kier alpha value is -1.41. The third-order valence-corrected chi connectivity index (χ3v) is 2.76. The van der Waals surface area contributed by atoms with E-state index in [2.05, 4.69) is 30.7 Å². The third kappa shape index (κ3) is 2.64. The van der Waals surface area contributed by atoms with E-state index in [0.717, 1.165) is 16.8 Å². The van der Waals surface area contributed by atoms with Crippen LogP contribution in [0.25, 0.3) is 11.1 Å². The number of rotatable bonds is 1. The lowest BCUT2D eigenvalue weighted by molar-refractivity contribution is 0.571. The highest BCUT2D eigenvalue weighted by Crippen LogP contribution is 2.32. The van der Waals surface area contributed by atoms with Gasteiger partial charge in [0.2, 0.25) is 0 Å². The van der Waals surface area contributed by atoms with Crippen molar-refractivity contribution >= 4 is 11.6 Å². The van der Waals surface area contributed by atoms with Gasteiger partial charge >= 0.3 is 0 Å². The Bertz CT molecular complexity index is 515. The van der Waals surface area contributed by atoms with Gasteiger partial charge in [-0.2, -0.15) is 0 Å². The van der Waals surface area contributed by atoms with Crippen molar-refractivity contribution in [2.75, 3.05) is 0 Å². The highest BCUT2D eigenvalue weighted by molar-refractivity contribution is 6.30. The molecule has 88 valence electrons. The summed E-state index contributed by atoms with van der Waals surface area (Å²) in [7, 11) is 0. The zero-order valence-electron chi connectivity index (χ0n) is 10.2. The van der Waals surface area contributed by atoms with Crippen LogP contribution < -0.4 is 0 Å². The first-order chi connectivity index (χ1) is 7.98. The van der Waals surface area contributed by atoms with Crippen molar-refractivity contribution in [3.63, 3.8) is 0 Å². The van der Waals surface area contributed by atoms with Crippen molar-refractivity contribution in [2.24, 2.45) is 0 Å². The lowest BCUT2D eigenvalue weighted by Crippen LogP contribution is -2.15. The van der Waals surface area contributed by atoms with Gasteiger partial charge < -0.3 is 0 Å².